The van der Waals surface area contributed by atoms with E-state index in [1.807, 2.05) is 6.92 Å². The van der Waals surface area contributed by atoms with Gasteiger partial charge in [-0.15, -0.1) is 0 Å². The van der Waals surface area contributed by atoms with E-state index in [1.165, 1.54) is 6.20 Å². The van der Waals surface area contributed by atoms with Gasteiger partial charge in [0.25, 0.3) is 0 Å². The van der Waals surface area contributed by atoms with Gasteiger partial charge in [-0.1, -0.05) is 0 Å². The first-order valence-corrected chi connectivity index (χ1v) is 7.59. The van der Waals surface area contributed by atoms with Crippen LogP contribution in [-0.4, -0.2) is 18.0 Å². The molecule has 20 heavy (non-hydrogen) atoms. The molecule has 0 aliphatic rings. The van der Waals surface area contributed by atoms with Crippen molar-refractivity contribution in [2.24, 2.45) is 12.8 Å². The average molecular weight is 298 g/mol. The second-order valence-corrected chi connectivity index (χ2v) is 6.32. The first-order chi connectivity index (χ1) is 9.33. The summed E-state index contributed by atoms with van der Waals surface area (Å²) < 4.78 is 33.8. The summed E-state index contributed by atoms with van der Waals surface area (Å²) in [6.45, 7) is 3.89. The number of nitrogens with zero attached hydrogens (tertiary/aromatic N) is 2. The molecule has 2 heterocycles. The van der Waals surface area contributed by atoms with Crippen LogP contribution in [0.2, 0.25) is 0 Å². The SMILES string of the molecule is Cc1nc(CNS(=O)(=O)c2cc(CN)n(C)c2)oc1C. The van der Waals surface area contributed by atoms with Crippen molar-refractivity contribution in [1.82, 2.24) is 14.3 Å². The van der Waals surface area contributed by atoms with Gasteiger partial charge >= 0.3 is 0 Å². The molecule has 0 fully saturated rings. The van der Waals surface area contributed by atoms with Gasteiger partial charge in [0, 0.05) is 25.5 Å². The summed E-state index contributed by atoms with van der Waals surface area (Å²) in [5, 5.41) is 0. The van der Waals surface area contributed by atoms with E-state index in [4.69, 9.17) is 10.2 Å². The summed E-state index contributed by atoms with van der Waals surface area (Å²) in [5.41, 5.74) is 7.03. The van der Waals surface area contributed by atoms with Crippen molar-refractivity contribution in [1.29, 1.82) is 0 Å². The smallest absolute Gasteiger partial charge is 0.242 e. The lowest BCUT2D eigenvalue weighted by Gasteiger charge is -2.01. The van der Waals surface area contributed by atoms with Crippen molar-refractivity contribution >= 4 is 10.0 Å². The second-order valence-electron chi connectivity index (χ2n) is 4.56. The molecule has 0 aromatic carbocycles. The Morgan fingerprint density at radius 2 is 2.15 bits per heavy atom. The minimum Gasteiger partial charge on any atom is -0.444 e. The largest absolute Gasteiger partial charge is 0.444 e. The maximum Gasteiger partial charge on any atom is 0.242 e. The van der Waals surface area contributed by atoms with Crippen LogP contribution in [0.3, 0.4) is 0 Å². The van der Waals surface area contributed by atoms with Crippen molar-refractivity contribution in [3.63, 3.8) is 0 Å². The molecule has 3 N–H and O–H groups in total. The van der Waals surface area contributed by atoms with Crippen molar-refractivity contribution in [3.8, 4) is 0 Å². The molecule has 0 saturated carbocycles. The van der Waals surface area contributed by atoms with Crippen molar-refractivity contribution in [2.75, 3.05) is 0 Å². The fourth-order valence-electron chi connectivity index (χ4n) is 1.78. The average Bonchev–Trinajstić information content (AvgIpc) is 2.91. The number of hydrogen-bond acceptors (Lipinski definition) is 5. The van der Waals surface area contributed by atoms with Gasteiger partial charge in [0.1, 0.15) is 5.76 Å². The summed E-state index contributed by atoms with van der Waals surface area (Å²) in [5.74, 6) is 1.03. The Morgan fingerprint density at radius 1 is 1.45 bits per heavy atom. The summed E-state index contributed by atoms with van der Waals surface area (Å²) in [6.07, 6.45) is 1.52. The molecule has 0 atom stereocenters. The number of aryl methyl sites for hydroxylation is 3. The number of rotatable bonds is 5. The molecule has 0 unspecified atom stereocenters. The van der Waals surface area contributed by atoms with E-state index in [9.17, 15) is 8.42 Å². The van der Waals surface area contributed by atoms with Crippen molar-refractivity contribution in [3.05, 3.63) is 35.3 Å². The first-order valence-electron chi connectivity index (χ1n) is 6.11. The van der Waals surface area contributed by atoms with Gasteiger partial charge in [-0.3, -0.25) is 0 Å². The third-order valence-electron chi connectivity index (χ3n) is 3.09. The highest BCUT2D eigenvalue weighted by atomic mass is 32.2. The molecule has 110 valence electrons. The number of hydrogen-bond donors (Lipinski definition) is 2. The van der Waals surface area contributed by atoms with Crippen LogP contribution in [0.5, 0.6) is 0 Å². The van der Waals surface area contributed by atoms with Crippen LogP contribution < -0.4 is 10.5 Å². The fourth-order valence-corrected chi connectivity index (χ4v) is 2.85. The van der Waals surface area contributed by atoms with Crippen LogP contribution in [0.4, 0.5) is 0 Å². The zero-order chi connectivity index (χ0) is 14.9. The van der Waals surface area contributed by atoms with E-state index < -0.39 is 10.0 Å². The van der Waals surface area contributed by atoms with Crippen LogP contribution in [-0.2, 0) is 30.2 Å². The number of aromatic nitrogens is 2. The van der Waals surface area contributed by atoms with Crippen LogP contribution >= 0.6 is 0 Å². The lowest BCUT2D eigenvalue weighted by Crippen LogP contribution is -2.23. The summed E-state index contributed by atoms with van der Waals surface area (Å²) in [7, 11) is -1.85. The van der Waals surface area contributed by atoms with Gasteiger partial charge in [0.15, 0.2) is 0 Å². The van der Waals surface area contributed by atoms with Gasteiger partial charge in [-0.25, -0.2) is 18.1 Å². The second kappa shape index (κ2) is 5.39. The lowest BCUT2D eigenvalue weighted by atomic mass is 10.4. The minimum absolute atomic E-state index is 0.0177. The van der Waals surface area contributed by atoms with Crippen LogP contribution in [0, 0.1) is 13.8 Å². The maximum absolute atomic E-state index is 12.1. The Labute approximate surface area is 117 Å². The van der Waals surface area contributed by atoms with Gasteiger partial charge in [-0.2, -0.15) is 0 Å². The highest BCUT2D eigenvalue weighted by Crippen LogP contribution is 2.14. The van der Waals surface area contributed by atoms with Gasteiger partial charge in [-0.05, 0) is 19.9 Å². The molecule has 0 bridgehead atoms. The van der Waals surface area contributed by atoms with E-state index in [0.29, 0.717) is 11.7 Å². The Kier molecular flexibility index (Phi) is 3.98. The molecule has 2 aromatic rings. The molecule has 0 amide bonds. The zero-order valence-corrected chi connectivity index (χ0v) is 12.5. The number of nitrogens with one attached hydrogen (secondary N) is 1. The Hall–Kier alpha value is -1.64. The zero-order valence-electron chi connectivity index (χ0n) is 11.7. The van der Waals surface area contributed by atoms with E-state index in [1.54, 1.807) is 24.6 Å². The molecule has 8 heteroatoms. The normalized spacial score (nSPS) is 12.0. The quantitative estimate of drug-likeness (QED) is 0.840. The molecular formula is C12H18N4O3S. The van der Waals surface area contributed by atoms with E-state index >= 15 is 0 Å². The van der Waals surface area contributed by atoms with E-state index in [2.05, 4.69) is 9.71 Å². The van der Waals surface area contributed by atoms with Crippen molar-refractivity contribution in [2.45, 2.75) is 31.8 Å². The molecule has 0 saturated heterocycles. The molecule has 2 aromatic heterocycles. The van der Waals surface area contributed by atoms with Gasteiger partial charge in [0.05, 0.1) is 17.1 Å². The molecular weight excluding hydrogens is 280 g/mol. The standard InChI is InChI=1S/C12H18N4O3S/c1-8-9(2)19-12(15-8)6-14-20(17,18)11-4-10(5-13)16(3)7-11/h4,7,14H,5-6,13H2,1-3H3. The highest BCUT2D eigenvalue weighted by Gasteiger charge is 2.18. The Morgan fingerprint density at radius 3 is 2.65 bits per heavy atom. The lowest BCUT2D eigenvalue weighted by molar-refractivity contribution is 0.463. The number of nitrogens with two attached hydrogens (primary N) is 1. The van der Waals surface area contributed by atoms with E-state index in [0.717, 1.165) is 11.4 Å². The van der Waals surface area contributed by atoms with Crippen LogP contribution in [0.25, 0.3) is 0 Å². The minimum atomic E-state index is -3.60. The number of sulfonamides is 1. The van der Waals surface area contributed by atoms with Gasteiger partial charge in [0.2, 0.25) is 15.9 Å². The van der Waals surface area contributed by atoms with E-state index in [-0.39, 0.29) is 18.0 Å². The Balaban J connectivity index is 2.14. The summed E-state index contributed by atoms with van der Waals surface area (Å²) in [4.78, 5) is 4.31. The summed E-state index contributed by atoms with van der Waals surface area (Å²) in [6, 6.07) is 1.55. The number of oxazole rings is 1. The van der Waals surface area contributed by atoms with Crippen LogP contribution in [0.15, 0.2) is 21.6 Å². The van der Waals surface area contributed by atoms with Gasteiger partial charge < -0.3 is 14.7 Å². The Bertz CT molecular complexity index is 696. The highest BCUT2D eigenvalue weighted by molar-refractivity contribution is 7.89. The predicted molar refractivity (Wildman–Crippen MR) is 73.3 cm³/mol. The predicted octanol–water partition coefficient (Wildman–Crippen LogP) is 0.567. The monoisotopic (exact) mass is 298 g/mol. The van der Waals surface area contributed by atoms with Crippen LogP contribution in [0.1, 0.15) is 23.0 Å². The fraction of sp³-hybridized carbons (Fsp3) is 0.417. The molecule has 0 aliphatic carbocycles. The molecule has 2 rings (SSSR count). The maximum atomic E-state index is 12.1. The topological polar surface area (TPSA) is 103 Å². The molecule has 7 nitrogen and oxygen atoms in total. The molecule has 0 radical (unpaired) electrons. The first kappa shape index (κ1) is 14.8. The van der Waals surface area contributed by atoms with Crippen molar-refractivity contribution < 1.29 is 12.8 Å². The third-order valence-corrected chi connectivity index (χ3v) is 4.46. The third kappa shape index (κ3) is 2.92. The molecule has 0 aliphatic heterocycles. The summed E-state index contributed by atoms with van der Waals surface area (Å²) >= 11 is 0. The molecule has 0 spiro atoms.